The lowest BCUT2D eigenvalue weighted by Crippen LogP contribution is -2.59. The van der Waals surface area contributed by atoms with Crippen molar-refractivity contribution in [1.82, 2.24) is 25.2 Å². The van der Waals surface area contributed by atoms with Gasteiger partial charge < -0.3 is 29.7 Å². The minimum Gasteiger partial charge on any atom is -0.494 e. The summed E-state index contributed by atoms with van der Waals surface area (Å²) in [5, 5.41) is 6.60. The number of rotatable bonds is 7. The molecule has 0 bridgehead atoms. The summed E-state index contributed by atoms with van der Waals surface area (Å²) in [6, 6.07) is 3.04. The Labute approximate surface area is 321 Å². The highest BCUT2D eigenvalue weighted by Gasteiger charge is 2.62. The molecule has 2 aliphatic heterocycles. The average molecular weight is 788 g/mol. The molecule has 1 aromatic heterocycles. The largest absolute Gasteiger partial charge is 0.494 e. The summed E-state index contributed by atoms with van der Waals surface area (Å²) < 4.78 is 45.4. The second kappa shape index (κ2) is 15.2. The Hall–Kier alpha value is -4.11. The number of sulfonamides is 1. The Kier molecular flexibility index (Phi) is 11.1. The molecule has 3 heterocycles. The van der Waals surface area contributed by atoms with E-state index in [1.165, 1.54) is 18.2 Å². The van der Waals surface area contributed by atoms with E-state index in [-0.39, 0.29) is 37.1 Å². The van der Waals surface area contributed by atoms with Crippen molar-refractivity contribution < 1.29 is 41.8 Å². The molecule has 2 aromatic rings. The summed E-state index contributed by atoms with van der Waals surface area (Å²) in [4.78, 5) is 61.9. The molecule has 7 atom stereocenters. The predicted octanol–water partition coefficient (Wildman–Crippen LogP) is 4.63. The van der Waals surface area contributed by atoms with Crippen LogP contribution in [0.3, 0.4) is 0 Å². The van der Waals surface area contributed by atoms with Crippen molar-refractivity contribution in [2.75, 3.05) is 13.7 Å². The summed E-state index contributed by atoms with van der Waals surface area (Å²) in [5.74, 6) is -2.01. The van der Waals surface area contributed by atoms with Gasteiger partial charge in [-0.25, -0.2) is 18.2 Å². The van der Waals surface area contributed by atoms with Crippen LogP contribution in [0.25, 0.3) is 10.8 Å². The highest BCUT2D eigenvalue weighted by molar-refractivity contribution is 7.91. The van der Waals surface area contributed by atoms with Crippen molar-refractivity contribution in [3.05, 3.63) is 41.6 Å². The van der Waals surface area contributed by atoms with Gasteiger partial charge in [0, 0.05) is 23.1 Å². The fourth-order valence-corrected chi connectivity index (χ4v) is 8.99. The number of hydrogen-bond acceptors (Lipinski definition) is 10. The second-order valence-electron chi connectivity index (χ2n) is 16.1. The maximum Gasteiger partial charge on any atom is 0.408 e. The standard InChI is InChI=1S/C38H50ClN5O9S/c1-21-9-7-10-22(2)31(41-36(48)53-37(3,4)5)34(46)44-20-24(52-33-26-11-8-12-27(39)30(26)29(51-6)19-40-33)17-28(44)32(45)42-38(18-23(38)14-13-21)35(47)43-54(49,50)25-15-16-25/h8,11-14,19,21-25,28,31H,7,9-10,15-18,20H2,1-6H3,(H,41,48)(H,42,45)(H,43,47)/b14-13-/t21-,22-,23-,24-,28+,31+,38-/m1/s1. The first-order valence-electron chi connectivity index (χ1n) is 18.6. The van der Waals surface area contributed by atoms with Gasteiger partial charge in [0.2, 0.25) is 27.7 Å². The molecule has 3 fully saturated rings. The lowest BCUT2D eigenvalue weighted by Gasteiger charge is -2.32. The van der Waals surface area contributed by atoms with E-state index in [0.29, 0.717) is 40.8 Å². The minimum absolute atomic E-state index is 0.0104. The van der Waals surface area contributed by atoms with E-state index >= 15 is 0 Å². The van der Waals surface area contributed by atoms with Crippen LogP contribution in [-0.2, 0) is 29.1 Å². The normalized spacial score (nSPS) is 29.8. The van der Waals surface area contributed by atoms with Crippen LogP contribution in [0.2, 0.25) is 5.02 Å². The summed E-state index contributed by atoms with van der Waals surface area (Å²) in [5.41, 5.74) is -2.36. The Morgan fingerprint density at radius 3 is 2.52 bits per heavy atom. The number of halogens is 1. The Morgan fingerprint density at radius 2 is 1.83 bits per heavy atom. The molecule has 1 aromatic carbocycles. The van der Waals surface area contributed by atoms with Crippen LogP contribution >= 0.6 is 11.6 Å². The number of aromatic nitrogens is 1. The molecule has 6 rings (SSSR count). The Morgan fingerprint density at radius 1 is 1.09 bits per heavy atom. The molecule has 4 aliphatic rings. The molecule has 294 valence electrons. The number of ether oxygens (including phenoxy) is 3. The number of pyridine rings is 1. The monoisotopic (exact) mass is 787 g/mol. The van der Waals surface area contributed by atoms with Crippen molar-refractivity contribution in [1.29, 1.82) is 0 Å². The van der Waals surface area contributed by atoms with Gasteiger partial charge in [0.25, 0.3) is 5.91 Å². The molecule has 0 radical (unpaired) electrons. The lowest BCUT2D eigenvalue weighted by molar-refractivity contribution is -0.142. The van der Waals surface area contributed by atoms with Crippen LogP contribution in [0.15, 0.2) is 36.5 Å². The number of nitrogens with one attached hydrogen (secondary N) is 3. The number of benzene rings is 1. The average Bonchev–Trinajstić information content (AvgIpc) is 4.02. The van der Waals surface area contributed by atoms with Gasteiger partial charge >= 0.3 is 6.09 Å². The van der Waals surface area contributed by atoms with Crippen molar-refractivity contribution in [2.45, 2.75) is 114 Å². The van der Waals surface area contributed by atoms with Crippen molar-refractivity contribution in [2.24, 2.45) is 17.8 Å². The number of fused-ring (bicyclic) bond motifs is 3. The first kappa shape index (κ1) is 39.6. The van der Waals surface area contributed by atoms with Crippen LogP contribution in [0.1, 0.15) is 79.6 Å². The number of hydrogen-bond donors (Lipinski definition) is 3. The van der Waals surface area contributed by atoms with Gasteiger partial charge in [0.1, 0.15) is 35.1 Å². The molecule has 54 heavy (non-hydrogen) atoms. The van der Waals surface area contributed by atoms with E-state index in [2.05, 4.69) is 20.3 Å². The molecule has 0 spiro atoms. The molecule has 2 aliphatic carbocycles. The minimum atomic E-state index is -3.91. The number of methoxy groups -OCH3 is 1. The van der Waals surface area contributed by atoms with Crippen LogP contribution < -0.4 is 24.8 Å². The maximum atomic E-state index is 14.7. The molecular formula is C38H50ClN5O9S. The zero-order valence-corrected chi connectivity index (χ0v) is 33.1. The van der Waals surface area contributed by atoms with E-state index < -0.39 is 74.3 Å². The molecular weight excluding hydrogens is 738 g/mol. The number of carbonyl (C=O) groups is 4. The SMILES string of the molecule is COc1cnc(O[C@@H]2C[C@H]3C(=O)N[C@]4(C(=O)NS(=O)(=O)C5CC5)C[C@H]4/C=C\[C@H](C)CCC[C@@H](C)[C@H](NC(=O)OC(C)(C)C)C(=O)N3C2)c2cccc(Cl)c12. The fraction of sp³-hybridized carbons (Fsp3) is 0.605. The van der Waals surface area contributed by atoms with Gasteiger partial charge in [0.05, 0.1) is 30.1 Å². The molecule has 1 saturated heterocycles. The van der Waals surface area contributed by atoms with E-state index in [4.69, 9.17) is 25.8 Å². The summed E-state index contributed by atoms with van der Waals surface area (Å²) >= 11 is 6.54. The molecule has 2 saturated carbocycles. The summed E-state index contributed by atoms with van der Waals surface area (Å²) in [6.07, 6.45) is 7.03. The van der Waals surface area contributed by atoms with Crippen LogP contribution in [0.5, 0.6) is 11.6 Å². The summed E-state index contributed by atoms with van der Waals surface area (Å²) in [6.45, 7) is 9.03. The summed E-state index contributed by atoms with van der Waals surface area (Å²) in [7, 11) is -2.41. The Bertz CT molecular complexity index is 1950. The van der Waals surface area contributed by atoms with E-state index in [1.807, 2.05) is 26.0 Å². The van der Waals surface area contributed by atoms with E-state index in [9.17, 15) is 27.6 Å². The number of carbonyl (C=O) groups excluding carboxylic acids is 4. The predicted molar refractivity (Wildman–Crippen MR) is 201 cm³/mol. The number of amides is 4. The highest BCUT2D eigenvalue weighted by atomic mass is 35.5. The zero-order chi connectivity index (χ0) is 39.2. The maximum absolute atomic E-state index is 14.7. The molecule has 14 nitrogen and oxygen atoms in total. The third-order valence-electron chi connectivity index (χ3n) is 10.6. The number of allylic oxidation sites excluding steroid dienone is 1. The van der Waals surface area contributed by atoms with Gasteiger partial charge in [-0.3, -0.25) is 19.1 Å². The van der Waals surface area contributed by atoms with Crippen molar-refractivity contribution in [3.8, 4) is 11.6 Å². The van der Waals surface area contributed by atoms with Crippen LogP contribution in [-0.4, -0.2) is 90.3 Å². The quantitative estimate of drug-likeness (QED) is 0.335. The van der Waals surface area contributed by atoms with Crippen molar-refractivity contribution >= 4 is 56.2 Å². The highest BCUT2D eigenvalue weighted by Crippen LogP contribution is 2.46. The second-order valence-corrected chi connectivity index (χ2v) is 18.5. The molecule has 4 amide bonds. The topological polar surface area (TPSA) is 182 Å². The number of nitrogens with zero attached hydrogens (tertiary/aromatic N) is 2. The van der Waals surface area contributed by atoms with Gasteiger partial charge in [-0.15, -0.1) is 0 Å². The van der Waals surface area contributed by atoms with Crippen molar-refractivity contribution in [3.63, 3.8) is 0 Å². The van der Waals surface area contributed by atoms with Gasteiger partial charge in [0.15, 0.2) is 0 Å². The first-order chi connectivity index (χ1) is 25.4. The third kappa shape index (κ3) is 8.56. The first-order valence-corrected chi connectivity index (χ1v) is 20.5. The van der Waals surface area contributed by atoms with Crippen LogP contribution in [0, 0.1) is 17.8 Å². The van der Waals surface area contributed by atoms with Gasteiger partial charge in [-0.05, 0) is 76.8 Å². The van der Waals surface area contributed by atoms with Gasteiger partial charge in [-0.1, -0.05) is 50.1 Å². The zero-order valence-electron chi connectivity index (χ0n) is 31.5. The fourth-order valence-electron chi connectivity index (χ4n) is 7.36. The Balaban J connectivity index is 1.35. The van der Waals surface area contributed by atoms with Crippen LogP contribution in [0.4, 0.5) is 4.79 Å². The van der Waals surface area contributed by atoms with E-state index in [0.717, 1.165) is 12.8 Å². The smallest absolute Gasteiger partial charge is 0.408 e. The third-order valence-corrected chi connectivity index (χ3v) is 12.7. The van der Waals surface area contributed by atoms with Gasteiger partial charge in [-0.2, -0.15) is 0 Å². The molecule has 0 unspecified atom stereocenters. The van der Waals surface area contributed by atoms with E-state index in [1.54, 1.807) is 39.0 Å². The molecule has 16 heteroatoms. The number of alkyl carbamates (subject to hydrolysis) is 1. The molecule has 3 N–H and O–H groups in total. The lowest BCUT2D eigenvalue weighted by atomic mass is 9.92.